The van der Waals surface area contributed by atoms with E-state index in [1.54, 1.807) is 0 Å². The van der Waals surface area contributed by atoms with Crippen molar-refractivity contribution in [1.82, 2.24) is 4.98 Å². The summed E-state index contributed by atoms with van der Waals surface area (Å²) >= 11 is 0. The zero-order valence-corrected chi connectivity index (χ0v) is 8.02. The number of aldehydes is 1. The van der Waals surface area contributed by atoms with Crippen LogP contribution in [0.25, 0.3) is 0 Å². The van der Waals surface area contributed by atoms with Gasteiger partial charge in [-0.25, -0.2) is 13.8 Å². The number of alkyl halides is 2. The molecule has 0 unspecified atom stereocenters. The standard InChI is InChI=1S/C8H6F2N2O4/c1-16-8-6(12(14)15)5(7(9)10)2-4(3-13)11-8/h2-3,7H,1H3. The van der Waals surface area contributed by atoms with Crippen molar-refractivity contribution in [2.45, 2.75) is 6.43 Å². The Labute approximate surface area is 88.0 Å². The minimum absolute atomic E-state index is 0.206. The molecule has 0 saturated heterocycles. The van der Waals surface area contributed by atoms with Gasteiger partial charge in [0.25, 0.3) is 12.3 Å². The van der Waals surface area contributed by atoms with E-state index in [-0.39, 0.29) is 12.0 Å². The van der Waals surface area contributed by atoms with Crippen molar-refractivity contribution in [2.75, 3.05) is 7.11 Å². The van der Waals surface area contributed by atoms with Gasteiger partial charge in [-0.15, -0.1) is 0 Å². The number of nitrogens with zero attached hydrogens (tertiary/aromatic N) is 2. The number of carbonyl (C=O) groups is 1. The van der Waals surface area contributed by atoms with Crippen LogP contribution in [0.15, 0.2) is 6.07 Å². The second-order valence-electron chi connectivity index (χ2n) is 2.67. The van der Waals surface area contributed by atoms with Crippen LogP contribution in [-0.2, 0) is 0 Å². The van der Waals surface area contributed by atoms with Crippen molar-refractivity contribution < 1.29 is 23.2 Å². The Morgan fingerprint density at radius 2 is 2.25 bits per heavy atom. The normalized spacial score (nSPS) is 10.2. The fourth-order valence-corrected chi connectivity index (χ4v) is 1.11. The summed E-state index contributed by atoms with van der Waals surface area (Å²) in [5.74, 6) is -0.607. The second kappa shape index (κ2) is 4.60. The third-order valence-electron chi connectivity index (χ3n) is 1.74. The topological polar surface area (TPSA) is 82.3 Å². The molecule has 1 aromatic rings. The number of aromatic nitrogens is 1. The van der Waals surface area contributed by atoms with Crippen LogP contribution in [0.1, 0.15) is 22.5 Å². The predicted octanol–water partition coefficient (Wildman–Crippen LogP) is 1.75. The molecule has 0 aromatic carbocycles. The summed E-state index contributed by atoms with van der Waals surface area (Å²) in [5, 5.41) is 10.6. The number of halogens is 2. The van der Waals surface area contributed by atoms with E-state index in [9.17, 15) is 23.7 Å². The Morgan fingerprint density at radius 1 is 1.62 bits per heavy atom. The first-order valence-electron chi connectivity index (χ1n) is 3.98. The van der Waals surface area contributed by atoms with Crippen LogP contribution >= 0.6 is 0 Å². The Balaban J connectivity index is 3.53. The van der Waals surface area contributed by atoms with Gasteiger partial charge in [-0.3, -0.25) is 14.9 Å². The van der Waals surface area contributed by atoms with Crippen LogP contribution in [0.3, 0.4) is 0 Å². The number of pyridine rings is 1. The van der Waals surface area contributed by atoms with Crippen LogP contribution in [0.5, 0.6) is 5.88 Å². The molecular formula is C8H6F2N2O4. The van der Waals surface area contributed by atoms with Gasteiger partial charge in [0.1, 0.15) is 11.3 Å². The first kappa shape index (κ1) is 12.0. The highest BCUT2D eigenvalue weighted by molar-refractivity contribution is 5.74. The summed E-state index contributed by atoms with van der Waals surface area (Å²) in [7, 11) is 1.04. The minimum Gasteiger partial charge on any atom is -0.476 e. The quantitative estimate of drug-likeness (QED) is 0.448. The molecule has 0 fully saturated rings. The molecule has 1 aromatic heterocycles. The number of carbonyl (C=O) groups excluding carboxylic acids is 1. The lowest BCUT2D eigenvalue weighted by Gasteiger charge is -2.06. The lowest BCUT2D eigenvalue weighted by atomic mass is 10.2. The van der Waals surface area contributed by atoms with Crippen molar-refractivity contribution in [1.29, 1.82) is 0 Å². The summed E-state index contributed by atoms with van der Waals surface area (Å²) in [6.45, 7) is 0. The molecule has 6 nitrogen and oxygen atoms in total. The molecule has 0 spiro atoms. The van der Waals surface area contributed by atoms with Crippen LogP contribution in [0.4, 0.5) is 14.5 Å². The molecule has 1 heterocycles. The molecule has 16 heavy (non-hydrogen) atoms. The maximum atomic E-state index is 12.5. The first-order chi connectivity index (χ1) is 7.51. The fraction of sp³-hybridized carbons (Fsp3) is 0.250. The molecule has 0 saturated carbocycles. The Kier molecular flexibility index (Phi) is 3.44. The average Bonchev–Trinajstić information content (AvgIpc) is 2.26. The van der Waals surface area contributed by atoms with Crippen molar-refractivity contribution >= 4 is 12.0 Å². The van der Waals surface area contributed by atoms with E-state index in [1.165, 1.54) is 0 Å². The first-order valence-corrected chi connectivity index (χ1v) is 3.98. The number of ether oxygens (including phenoxy) is 1. The molecule has 0 aliphatic rings. The monoisotopic (exact) mass is 232 g/mol. The summed E-state index contributed by atoms with van der Waals surface area (Å²) in [5.41, 5.74) is -2.17. The van der Waals surface area contributed by atoms with E-state index in [0.717, 1.165) is 7.11 Å². The fourth-order valence-electron chi connectivity index (χ4n) is 1.11. The van der Waals surface area contributed by atoms with Gasteiger partial charge in [0, 0.05) is 0 Å². The molecule has 0 aliphatic carbocycles. The van der Waals surface area contributed by atoms with Gasteiger partial charge >= 0.3 is 5.69 Å². The molecule has 0 atom stereocenters. The van der Waals surface area contributed by atoms with E-state index in [2.05, 4.69) is 9.72 Å². The summed E-state index contributed by atoms with van der Waals surface area (Å²) < 4.78 is 29.5. The summed E-state index contributed by atoms with van der Waals surface area (Å²) in [4.78, 5) is 23.4. The molecule has 0 amide bonds. The lowest BCUT2D eigenvalue weighted by molar-refractivity contribution is -0.387. The molecule has 0 aliphatic heterocycles. The predicted molar refractivity (Wildman–Crippen MR) is 47.8 cm³/mol. The molecule has 0 N–H and O–H groups in total. The van der Waals surface area contributed by atoms with Gasteiger partial charge in [-0.2, -0.15) is 0 Å². The van der Waals surface area contributed by atoms with E-state index in [4.69, 9.17) is 0 Å². The minimum atomic E-state index is -3.09. The second-order valence-corrected chi connectivity index (χ2v) is 2.67. The zero-order valence-electron chi connectivity index (χ0n) is 8.02. The van der Waals surface area contributed by atoms with E-state index < -0.39 is 28.5 Å². The maximum absolute atomic E-state index is 12.5. The third-order valence-corrected chi connectivity index (χ3v) is 1.74. The highest BCUT2D eigenvalue weighted by Crippen LogP contribution is 2.35. The van der Waals surface area contributed by atoms with Gasteiger partial charge in [0.2, 0.25) is 0 Å². The van der Waals surface area contributed by atoms with Crippen molar-refractivity contribution in [2.24, 2.45) is 0 Å². The Bertz CT molecular complexity index is 436. The van der Waals surface area contributed by atoms with Crippen LogP contribution < -0.4 is 4.74 Å². The van der Waals surface area contributed by atoms with Gasteiger partial charge in [-0.05, 0) is 6.07 Å². The van der Waals surface area contributed by atoms with Crippen molar-refractivity contribution in [3.8, 4) is 5.88 Å². The highest BCUT2D eigenvalue weighted by atomic mass is 19.3. The van der Waals surface area contributed by atoms with Crippen molar-refractivity contribution in [3.05, 3.63) is 27.4 Å². The smallest absolute Gasteiger partial charge is 0.339 e. The molecule has 0 bridgehead atoms. The molecule has 1 rings (SSSR count). The summed E-state index contributed by atoms with van der Waals surface area (Å²) in [6, 6.07) is 0.665. The number of hydrogen-bond acceptors (Lipinski definition) is 5. The molecule has 8 heteroatoms. The number of methoxy groups -OCH3 is 1. The van der Waals surface area contributed by atoms with Gasteiger partial charge in [0.05, 0.1) is 12.0 Å². The van der Waals surface area contributed by atoms with Gasteiger partial charge < -0.3 is 4.74 Å². The maximum Gasteiger partial charge on any atom is 0.339 e. The van der Waals surface area contributed by atoms with Gasteiger partial charge in [-0.1, -0.05) is 0 Å². The number of hydrogen-bond donors (Lipinski definition) is 0. The van der Waals surface area contributed by atoms with Crippen LogP contribution in [0, 0.1) is 10.1 Å². The van der Waals surface area contributed by atoms with Crippen LogP contribution in [0.2, 0.25) is 0 Å². The van der Waals surface area contributed by atoms with Crippen molar-refractivity contribution in [3.63, 3.8) is 0 Å². The third kappa shape index (κ3) is 2.10. The lowest BCUT2D eigenvalue weighted by Crippen LogP contribution is -2.04. The Hall–Kier alpha value is -2.12. The Morgan fingerprint density at radius 3 is 2.62 bits per heavy atom. The van der Waals surface area contributed by atoms with Gasteiger partial charge in [0.15, 0.2) is 6.29 Å². The molecular weight excluding hydrogens is 226 g/mol. The molecule has 86 valence electrons. The number of nitro groups is 1. The molecule has 0 radical (unpaired) electrons. The van der Waals surface area contributed by atoms with Crippen LogP contribution in [-0.4, -0.2) is 23.3 Å². The average molecular weight is 232 g/mol. The van der Waals surface area contributed by atoms with E-state index >= 15 is 0 Å². The zero-order chi connectivity index (χ0) is 12.3. The highest BCUT2D eigenvalue weighted by Gasteiger charge is 2.29. The summed E-state index contributed by atoms with van der Waals surface area (Å²) in [6.07, 6.45) is -2.88. The largest absolute Gasteiger partial charge is 0.476 e. The SMILES string of the molecule is COc1nc(C=O)cc(C(F)F)c1[N+](=O)[O-]. The van der Waals surface area contributed by atoms with E-state index in [0.29, 0.717) is 6.07 Å². The van der Waals surface area contributed by atoms with E-state index in [1.807, 2.05) is 0 Å². The number of rotatable bonds is 4.